The van der Waals surface area contributed by atoms with E-state index >= 15 is 0 Å². The molecule has 1 heterocycles. The molecule has 1 unspecified atom stereocenters. The molecule has 0 amide bonds. The van der Waals surface area contributed by atoms with Crippen molar-refractivity contribution in [3.05, 3.63) is 22.4 Å². The van der Waals surface area contributed by atoms with Crippen molar-refractivity contribution in [1.82, 2.24) is 5.32 Å². The van der Waals surface area contributed by atoms with Crippen LogP contribution in [0.1, 0.15) is 37.6 Å². The first-order chi connectivity index (χ1) is 7.33. The number of rotatable bonds is 7. The third kappa shape index (κ3) is 3.59. The second-order valence-electron chi connectivity index (χ2n) is 3.75. The quantitative estimate of drug-likeness (QED) is 0.750. The lowest BCUT2D eigenvalue weighted by Gasteiger charge is -2.25. The Kier molecular flexibility index (Phi) is 5.91. The Bertz CT molecular complexity index is 244. The van der Waals surface area contributed by atoms with Gasteiger partial charge in [-0.3, -0.25) is 0 Å². The van der Waals surface area contributed by atoms with E-state index in [1.807, 2.05) is 0 Å². The summed E-state index contributed by atoms with van der Waals surface area (Å²) < 4.78 is 0. The number of aliphatic hydroxyl groups is 1. The molecule has 0 aliphatic rings. The minimum Gasteiger partial charge on any atom is -0.395 e. The molecule has 1 aromatic rings. The van der Waals surface area contributed by atoms with Crippen LogP contribution in [0.5, 0.6) is 0 Å². The molecule has 0 saturated heterocycles. The predicted molar refractivity (Wildman–Crippen MR) is 66.2 cm³/mol. The largest absolute Gasteiger partial charge is 0.395 e. The van der Waals surface area contributed by atoms with Gasteiger partial charge in [0.25, 0.3) is 0 Å². The van der Waals surface area contributed by atoms with Crippen LogP contribution in [0.3, 0.4) is 0 Å². The minimum absolute atomic E-state index is 0.210. The molecule has 15 heavy (non-hydrogen) atoms. The molecule has 0 bridgehead atoms. The molecule has 1 rings (SSSR count). The average molecular weight is 227 g/mol. The molecule has 0 fully saturated rings. The third-order valence-electron chi connectivity index (χ3n) is 2.85. The predicted octanol–water partition coefficient (Wildman–Crippen LogP) is 2.81. The zero-order valence-corrected chi connectivity index (χ0v) is 10.4. The summed E-state index contributed by atoms with van der Waals surface area (Å²) in [5.41, 5.74) is 0. The molecule has 0 spiro atoms. The summed E-state index contributed by atoms with van der Waals surface area (Å²) in [6.45, 7) is 5.35. The van der Waals surface area contributed by atoms with Gasteiger partial charge in [0.05, 0.1) is 6.61 Å². The van der Waals surface area contributed by atoms with Gasteiger partial charge in [0, 0.05) is 17.5 Å². The van der Waals surface area contributed by atoms with Crippen LogP contribution in [-0.4, -0.2) is 18.3 Å². The maximum absolute atomic E-state index is 8.88. The Hall–Kier alpha value is -0.380. The fourth-order valence-electron chi connectivity index (χ4n) is 1.95. The molecule has 0 aliphatic carbocycles. The fraction of sp³-hybridized carbons (Fsp3) is 0.667. The Morgan fingerprint density at radius 1 is 1.40 bits per heavy atom. The SMILES string of the molecule is CCC(CC)C(NCCO)c1cccs1. The number of hydrogen-bond donors (Lipinski definition) is 2. The van der Waals surface area contributed by atoms with Crippen molar-refractivity contribution in [2.75, 3.05) is 13.2 Å². The van der Waals surface area contributed by atoms with Crippen molar-refractivity contribution in [2.24, 2.45) is 5.92 Å². The van der Waals surface area contributed by atoms with Crippen LogP contribution in [0.2, 0.25) is 0 Å². The van der Waals surface area contributed by atoms with Crippen molar-refractivity contribution < 1.29 is 5.11 Å². The highest BCUT2D eigenvalue weighted by Gasteiger charge is 2.20. The van der Waals surface area contributed by atoms with Crippen molar-refractivity contribution in [3.63, 3.8) is 0 Å². The van der Waals surface area contributed by atoms with E-state index in [0.717, 1.165) is 0 Å². The zero-order valence-electron chi connectivity index (χ0n) is 9.57. The molecular weight excluding hydrogens is 206 g/mol. The van der Waals surface area contributed by atoms with E-state index in [2.05, 4.69) is 36.7 Å². The summed E-state index contributed by atoms with van der Waals surface area (Å²) in [5.74, 6) is 0.662. The summed E-state index contributed by atoms with van der Waals surface area (Å²) in [6, 6.07) is 4.68. The van der Waals surface area contributed by atoms with Crippen LogP contribution in [0.15, 0.2) is 17.5 Å². The van der Waals surface area contributed by atoms with Gasteiger partial charge in [-0.05, 0) is 17.4 Å². The van der Waals surface area contributed by atoms with Crippen LogP contribution >= 0.6 is 11.3 Å². The van der Waals surface area contributed by atoms with Gasteiger partial charge in [-0.15, -0.1) is 11.3 Å². The summed E-state index contributed by atoms with van der Waals surface area (Å²) in [4.78, 5) is 1.39. The Morgan fingerprint density at radius 2 is 2.13 bits per heavy atom. The standard InChI is InChI=1S/C12H21NOS/c1-3-10(4-2)12(13-7-8-14)11-6-5-9-15-11/h5-6,9-10,12-14H,3-4,7-8H2,1-2H3. The molecule has 0 aromatic carbocycles. The van der Waals surface area contributed by atoms with E-state index in [0.29, 0.717) is 18.5 Å². The second kappa shape index (κ2) is 6.99. The minimum atomic E-state index is 0.210. The summed E-state index contributed by atoms with van der Waals surface area (Å²) >= 11 is 1.80. The smallest absolute Gasteiger partial charge is 0.0556 e. The lowest BCUT2D eigenvalue weighted by Crippen LogP contribution is -2.29. The molecule has 1 aromatic heterocycles. The van der Waals surface area contributed by atoms with Crippen LogP contribution in [0, 0.1) is 5.92 Å². The van der Waals surface area contributed by atoms with Gasteiger partial charge >= 0.3 is 0 Å². The Balaban J connectivity index is 2.68. The van der Waals surface area contributed by atoms with Crippen LogP contribution in [0.4, 0.5) is 0 Å². The zero-order chi connectivity index (χ0) is 11.1. The van der Waals surface area contributed by atoms with E-state index in [4.69, 9.17) is 5.11 Å². The molecule has 0 aliphatic heterocycles. The van der Waals surface area contributed by atoms with Gasteiger partial charge < -0.3 is 10.4 Å². The summed E-state index contributed by atoms with van der Waals surface area (Å²) in [7, 11) is 0. The van der Waals surface area contributed by atoms with Crippen LogP contribution < -0.4 is 5.32 Å². The molecule has 2 N–H and O–H groups in total. The van der Waals surface area contributed by atoms with Crippen molar-refractivity contribution >= 4 is 11.3 Å². The average Bonchev–Trinajstić information content (AvgIpc) is 2.77. The molecular formula is C12H21NOS. The summed E-state index contributed by atoms with van der Waals surface area (Å²) in [5, 5.41) is 14.4. The first-order valence-electron chi connectivity index (χ1n) is 5.71. The molecule has 86 valence electrons. The number of aliphatic hydroxyl groups excluding tert-OH is 1. The van der Waals surface area contributed by atoms with E-state index in [-0.39, 0.29) is 6.61 Å². The molecule has 2 nitrogen and oxygen atoms in total. The molecule has 0 saturated carbocycles. The van der Waals surface area contributed by atoms with Gasteiger partial charge in [-0.25, -0.2) is 0 Å². The van der Waals surface area contributed by atoms with Gasteiger partial charge in [0.1, 0.15) is 0 Å². The lowest BCUT2D eigenvalue weighted by molar-refractivity contribution is 0.264. The normalized spacial score (nSPS) is 13.3. The van der Waals surface area contributed by atoms with E-state index in [1.165, 1.54) is 17.7 Å². The number of hydrogen-bond acceptors (Lipinski definition) is 3. The van der Waals surface area contributed by atoms with Gasteiger partial charge in [0.2, 0.25) is 0 Å². The second-order valence-corrected chi connectivity index (χ2v) is 4.73. The van der Waals surface area contributed by atoms with E-state index in [1.54, 1.807) is 11.3 Å². The van der Waals surface area contributed by atoms with Gasteiger partial charge in [-0.1, -0.05) is 32.8 Å². The first kappa shape index (κ1) is 12.7. The first-order valence-corrected chi connectivity index (χ1v) is 6.59. The number of nitrogens with one attached hydrogen (secondary N) is 1. The Labute approximate surface area is 96.3 Å². The van der Waals surface area contributed by atoms with E-state index in [9.17, 15) is 0 Å². The van der Waals surface area contributed by atoms with Crippen molar-refractivity contribution in [2.45, 2.75) is 32.7 Å². The van der Waals surface area contributed by atoms with Gasteiger partial charge in [-0.2, -0.15) is 0 Å². The maximum Gasteiger partial charge on any atom is 0.0556 e. The molecule has 1 atom stereocenters. The van der Waals surface area contributed by atoms with Gasteiger partial charge in [0.15, 0.2) is 0 Å². The number of thiophene rings is 1. The van der Waals surface area contributed by atoms with Crippen LogP contribution in [0.25, 0.3) is 0 Å². The van der Waals surface area contributed by atoms with Crippen LogP contribution in [-0.2, 0) is 0 Å². The van der Waals surface area contributed by atoms with Crippen molar-refractivity contribution in [1.29, 1.82) is 0 Å². The molecule has 0 radical (unpaired) electrons. The molecule has 3 heteroatoms. The highest BCUT2D eigenvalue weighted by molar-refractivity contribution is 7.10. The fourth-order valence-corrected chi connectivity index (χ4v) is 2.84. The highest BCUT2D eigenvalue weighted by Crippen LogP contribution is 2.30. The lowest BCUT2D eigenvalue weighted by atomic mass is 9.93. The maximum atomic E-state index is 8.88. The van der Waals surface area contributed by atoms with E-state index < -0.39 is 0 Å². The Morgan fingerprint density at radius 3 is 2.60 bits per heavy atom. The monoisotopic (exact) mass is 227 g/mol. The topological polar surface area (TPSA) is 32.3 Å². The van der Waals surface area contributed by atoms with Crippen molar-refractivity contribution in [3.8, 4) is 0 Å². The summed E-state index contributed by atoms with van der Waals surface area (Å²) in [6.07, 6.45) is 2.36. The third-order valence-corrected chi connectivity index (χ3v) is 3.80. The highest BCUT2D eigenvalue weighted by atomic mass is 32.1.